The predicted molar refractivity (Wildman–Crippen MR) is 61.0 cm³/mol. The summed E-state index contributed by atoms with van der Waals surface area (Å²) in [5.41, 5.74) is -0.00112. The van der Waals surface area contributed by atoms with Gasteiger partial charge in [-0.3, -0.25) is 0 Å². The maximum atomic E-state index is 11.4. The van der Waals surface area contributed by atoms with Crippen LogP contribution in [0.2, 0.25) is 0 Å². The van der Waals surface area contributed by atoms with Crippen LogP contribution >= 0.6 is 0 Å². The molecule has 1 aromatic rings. The minimum Gasteiger partial charge on any atom is -0.243 e. The summed E-state index contributed by atoms with van der Waals surface area (Å²) in [6, 6.07) is 9.05. The Kier molecular flexibility index (Phi) is 4.07. The minimum atomic E-state index is -3.94. The van der Waals surface area contributed by atoms with Crippen LogP contribution in [-0.4, -0.2) is 14.0 Å². The van der Waals surface area contributed by atoms with E-state index < -0.39 is 16.0 Å². The van der Waals surface area contributed by atoms with Gasteiger partial charge in [-0.25, -0.2) is 8.37 Å². The minimum absolute atomic E-state index is 0.0146. The Bertz CT molecular complexity index is 417. The van der Waals surface area contributed by atoms with Gasteiger partial charge < -0.3 is 0 Å². The fraction of sp³-hybridized carbons (Fsp3) is 0.455. The molecule has 0 saturated heterocycles. The fourth-order valence-corrected chi connectivity index (χ4v) is 1.99. The molecule has 0 spiro atoms. The maximum Gasteiger partial charge on any atom is 0.400 e. The van der Waals surface area contributed by atoms with E-state index in [0.717, 1.165) is 5.56 Å². The van der Waals surface area contributed by atoms with Crippen molar-refractivity contribution in [1.29, 1.82) is 0 Å². The van der Waals surface area contributed by atoms with Crippen molar-refractivity contribution in [1.82, 2.24) is 0 Å². The molecule has 0 heterocycles. The first kappa shape index (κ1) is 13.2. The highest BCUT2D eigenvalue weighted by atomic mass is 32.3. The Morgan fingerprint density at radius 2 is 1.69 bits per heavy atom. The number of rotatable bonds is 4. The molecule has 90 valence electrons. The second kappa shape index (κ2) is 4.95. The Morgan fingerprint density at radius 3 is 2.19 bits per heavy atom. The summed E-state index contributed by atoms with van der Waals surface area (Å²) in [5, 5.41) is 0. The number of benzene rings is 1. The standard InChI is InChI=1S/C11H16O4S/c1-11(2,3)15-16(12,13)14-9-10-7-5-4-6-8-10/h4-8H,9H2,1-3H3. The quantitative estimate of drug-likeness (QED) is 0.815. The zero-order valence-corrected chi connectivity index (χ0v) is 10.5. The van der Waals surface area contributed by atoms with E-state index in [1.807, 2.05) is 18.2 Å². The second-order valence-electron chi connectivity index (χ2n) is 4.35. The first-order valence-corrected chi connectivity index (χ1v) is 6.26. The molecule has 0 N–H and O–H groups in total. The normalized spacial score (nSPS) is 12.7. The van der Waals surface area contributed by atoms with E-state index in [0.29, 0.717) is 0 Å². The van der Waals surface area contributed by atoms with Crippen molar-refractivity contribution in [3.8, 4) is 0 Å². The first-order valence-electron chi connectivity index (χ1n) is 4.92. The van der Waals surface area contributed by atoms with Crippen LogP contribution in [-0.2, 0) is 25.4 Å². The third-order valence-corrected chi connectivity index (χ3v) is 2.68. The summed E-state index contributed by atoms with van der Waals surface area (Å²) < 4.78 is 32.3. The van der Waals surface area contributed by atoms with Crippen LogP contribution in [0, 0.1) is 0 Å². The van der Waals surface area contributed by atoms with Gasteiger partial charge in [0.15, 0.2) is 0 Å². The van der Waals surface area contributed by atoms with Crippen LogP contribution in [0.25, 0.3) is 0 Å². The summed E-state index contributed by atoms with van der Waals surface area (Å²) in [4.78, 5) is 0. The largest absolute Gasteiger partial charge is 0.400 e. The Balaban J connectivity index is 2.56. The van der Waals surface area contributed by atoms with Gasteiger partial charge >= 0.3 is 10.4 Å². The molecule has 5 heteroatoms. The lowest BCUT2D eigenvalue weighted by Gasteiger charge is -2.18. The molecule has 16 heavy (non-hydrogen) atoms. The SMILES string of the molecule is CC(C)(C)OS(=O)(=O)OCc1ccccc1. The van der Waals surface area contributed by atoms with Crippen LogP contribution < -0.4 is 0 Å². The molecule has 4 nitrogen and oxygen atoms in total. The molecule has 0 unspecified atom stereocenters. The Morgan fingerprint density at radius 1 is 1.12 bits per heavy atom. The molecule has 0 saturated carbocycles. The zero-order valence-electron chi connectivity index (χ0n) is 9.64. The summed E-state index contributed by atoms with van der Waals surface area (Å²) in [6.45, 7) is 4.93. The van der Waals surface area contributed by atoms with Crippen LogP contribution in [0.5, 0.6) is 0 Å². The molecule has 0 aliphatic carbocycles. The number of hydrogen-bond acceptors (Lipinski definition) is 4. The van der Waals surface area contributed by atoms with E-state index in [2.05, 4.69) is 0 Å². The molecule has 0 aliphatic rings. The molecule has 0 radical (unpaired) electrons. The molecule has 0 fully saturated rings. The third-order valence-electron chi connectivity index (χ3n) is 1.56. The number of hydrogen-bond donors (Lipinski definition) is 0. The van der Waals surface area contributed by atoms with Gasteiger partial charge in [0.05, 0.1) is 12.2 Å². The average molecular weight is 244 g/mol. The predicted octanol–water partition coefficient (Wildman–Crippen LogP) is 2.26. The van der Waals surface area contributed by atoms with Gasteiger partial charge in [-0.15, -0.1) is 0 Å². The van der Waals surface area contributed by atoms with Crippen molar-refractivity contribution in [3.63, 3.8) is 0 Å². The Hall–Kier alpha value is -0.910. The van der Waals surface area contributed by atoms with Crippen LogP contribution in [0.3, 0.4) is 0 Å². The highest BCUT2D eigenvalue weighted by Gasteiger charge is 2.22. The molecule has 0 bridgehead atoms. The average Bonchev–Trinajstić information content (AvgIpc) is 2.13. The lowest BCUT2D eigenvalue weighted by atomic mass is 10.2. The van der Waals surface area contributed by atoms with E-state index >= 15 is 0 Å². The summed E-state index contributed by atoms with van der Waals surface area (Å²) in [6.07, 6.45) is 0. The molecule has 0 aliphatic heterocycles. The van der Waals surface area contributed by atoms with Crippen molar-refractivity contribution in [3.05, 3.63) is 35.9 Å². The van der Waals surface area contributed by atoms with Crippen LogP contribution in [0.1, 0.15) is 26.3 Å². The van der Waals surface area contributed by atoms with Crippen LogP contribution in [0.4, 0.5) is 0 Å². The summed E-state index contributed by atoms with van der Waals surface area (Å²) in [7, 11) is -3.94. The molecular weight excluding hydrogens is 228 g/mol. The third kappa shape index (κ3) is 5.25. The van der Waals surface area contributed by atoms with Gasteiger partial charge in [0.2, 0.25) is 0 Å². The van der Waals surface area contributed by atoms with Crippen molar-refractivity contribution >= 4 is 10.4 Å². The zero-order chi connectivity index (χ0) is 12.2. The van der Waals surface area contributed by atoms with Crippen molar-refractivity contribution in [2.24, 2.45) is 0 Å². The molecule has 0 amide bonds. The van der Waals surface area contributed by atoms with E-state index in [1.54, 1.807) is 32.9 Å². The summed E-state index contributed by atoms with van der Waals surface area (Å²) in [5.74, 6) is 0. The molecule has 1 rings (SSSR count). The van der Waals surface area contributed by atoms with Crippen molar-refractivity contribution < 1.29 is 16.8 Å². The van der Waals surface area contributed by atoms with Gasteiger partial charge in [-0.2, -0.15) is 8.42 Å². The smallest absolute Gasteiger partial charge is 0.243 e. The van der Waals surface area contributed by atoms with Gasteiger partial charge in [0, 0.05) is 0 Å². The first-order chi connectivity index (χ1) is 7.29. The second-order valence-corrected chi connectivity index (χ2v) is 5.57. The monoisotopic (exact) mass is 244 g/mol. The van der Waals surface area contributed by atoms with E-state index in [9.17, 15) is 8.42 Å². The van der Waals surface area contributed by atoms with Gasteiger partial charge in [-0.05, 0) is 26.3 Å². The van der Waals surface area contributed by atoms with Gasteiger partial charge in [0.25, 0.3) is 0 Å². The lowest BCUT2D eigenvalue weighted by molar-refractivity contribution is 0.101. The van der Waals surface area contributed by atoms with Gasteiger partial charge in [0.1, 0.15) is 0 Å². The van der Waals surface area contributed by atoms with Crippen LogP contribution in [0.15, 0.2) is 30.3 Å². The fourth-order valence-electron chi connectivity index (χ4n) is 1.04. The van der Waals surface area contributed by atoms with Crippen molar-refractivity contribution in [2.45, 2.75) is 33.0 Å². The summed E-state index contributed by atoms with van der Waals surface area (Å²) >= 11 is 0. The van der Waals surface area contributed by atoms with E-state index in [1.165, 1.54) is 0 Å². The van der Waals surface area contributed by atoms with Gasteiger partial charge in [-0.1, -0.05) is 30.3 Å². The lowest BCUT2D eigenvalue weighted by Crippen LogP contribution is -2.25. The van der Waals surface area contributed by atoms with E-state index in [-0.39, 0.29) is 6.61 Å². The Labute approximate surface area is 96.5 Å². The topological polar surface area (TPSA) is 52.6 Å². The molecule has 0 atom stereocenters. The highest BCUT2D eigenvalue weighted by Crippen LogP contribution is 2.14. The van der Waals surface area contributed by atoms with E-state index in [4.69, 9.17) is 8.37 Å². The molecule has 0 aromatic heterocycles. The van der Waals surface area contributed by atoms with Crippen molar-refractivity contribution in [2.75, 3.05) is 0 Å². The highest BCUT2D eigenvalue weighted by molar-refractivity contribution is 7.81. The molecular formula is C11H16O4S. The molecule has 1 aromatic carbocycles. The maximum absolute atomic E-state index is 11.4.